The Labute approximate surface area is 88.5 Å². The lowest BCUT2D eigenvalue weighted by Gasteiger charge is -2.05. The molecular weight excluding hydrogens is 200 g/mol. The van der Waals surface area contributed by atoms with E-state index in [4.69, 9.17) is 16.7 Å². The number of rotatable bonds is 4. The quantitative estimate of drug-likeness (QED) is 0.614. The molecule has 3 heteroatoms. The van der Waals surface area contributed by atoms with E-state index in [1.54, 1.807) is 6.07 Å². The first-order chi connectivity index (χ1) is 6.69. The normalized spacial score (nSPS) is 10.2. The van der Waals surface area contributed by atoms with E-state index >= 15 is 0 Å². The molecule has 76 valence electrons. The summed E-state index contributed by atoms with van der Waals surface area (Å²) in [5.41, 5.74) is 2.35. The van der Waals surface area contributed by atoms with Gasteiger partial charge in [0, 0.05) is 17.9 Å². The van der Waals surface area contributed by atoms with Crippen LogP contribution in [0.25, 0.3) is 0 Å². The van der Waals surface area contributed by atoms with Crippen LogP contribution in [0.4, 0.5) is 0 Å². The second-order valence-electron chi connectivity index (χ2n) is 3.17. The van der Waals surface area contributed by atoms with Crippen LogP contribution in [0, 0.1) is 6.92 Å². The molecule has 0 fully saturated rings. The van der Waals surface area contributed by atoms with Crippen molar-refractivity contribution in [2.24, 2.45) is 0 Å². The van der Waals surface area contributed by atoms with Gasteiger partial charge in [0.1, 0.15) is 0 Å². The van der Waals surface area contributed by atoms with Gasteiger partial charge in [0.25, 0.3) is 0 Å². The van der Waals surface area contributed by atoms with Crippen LogP contribution in [0.15, 0.2) is 18.2 Å². The molecule has 2 nitrogen and oxygen atoms in total. The smallest absolute Gasteiger partial charge is 0.164 e. The van der Waals surface area contributed by atoms with Crippen molar-refractivity contribution >= 4 is 17.4 Å². The largest absolute Gasteiger partial charge is 0.392 e. The Morgan fingerprint density at radius 2 is 2.21 bits per heavy atom. The second-order valence-corrected chi connectivity index (χ2v) is 3.55. The molecule has 0 aromatic heterocycles. The number of halogens is 1. The SMILES string of the molecule is Cc1ccc(CO)cc1C(=O)CCCl. The lowest BCUT2D eigenvalue weighted by molar-refractivity contribution is 0.0988. The van der Waals surface area contributed by atoms with E-state index in [-0.39, 0.29) is 12.4 Å². The van der Waals surface area contributed by atoms with Gasteiger partial charge in [-0.15, -0.1) is 11.6 Å². The maximum atomic E-state index is 11.6. The summed E-state index contributed by atoms with van der Waals surface area (Å²) >= 11 is 5.50. The fraction of sp³-hybridized carbons (Fsp3) is 0.364. The molecule has 0 bridgehead atoms. The van der Waals surface area contributed by atoms with E-state index in [1.165, 1.54) is 0 Å². The third kappa shape index (κ3) is 2.56. The Morgan fingerprint density at radius 1 is 1.50 bits per heavy atom. The van der Waals surface area contributed by atoms with E-state index < -0.39 is 0 Å². The van der Waals surface area contributed by atoms with Crippen LogP contribution in [0.5, 0.6) is 0 Å². The zero-order valence-corrected chi connectivity index (χ0v) is 8.84. The first-order valence-electron chi connectivity index (χ1n) is 4.48. The molecular formula is C11H13ClO2. The minimum Gasteiger partial charge on any atom is -0.392 e. The molecule has 1 aromatic rings. The van der Waals surface area contributed by atoms with E-state index in [0.717, 1.165) is 11.1 Å². The van der Waals surface area contributed by atoms with Crippen LogP contribution >= 0.6 is 11.6 Å². The minimum absolute atomic E-state index is 0.0350. The van der Waals surface area contributed by atoms with E-state index in [2.05, 4.69) is 0 Å². The highest BCUT2D eigenvalue weighted by Gasteiger charge is 2.08. The molecule has 0 saturated heterocycles. The fourth-order valence-electron chi connectivity index (χ4n) is 1.29. The van der Waals surface area contributed by atoms with E-state index in [0.29, 0.717) is 17.9 Å². The third-order valence-electron chi connectivity index (χ3n) is 2.11. The molecule has 0 amide bonds. The van der Waals surface area contributed by atoms with Crippen molar-refractivity contribution in [1.29, 1.82) is 0 Å². The molecule has 1 aromatic carbocycles. The molecule has 0 saturated carbocycles. The van der Waals surface area contributed by atoms with Gasteiger partial charge in [-0.25, -0.2) is 0 Å². The number of ketones is 1. The van der Waals surface area contributed by atoms with E-state index in [1.807, 2.05) is 19.1 Å². The minimum atomic E-state index is -0.0402. The molecule has 0 aliphatic carbocycles. The van der Waals surface area contributed by atoms with Crippen LogP contribution in [0.1, 0.15) is 27.9 Å². The Kier molecular flexibility index (Phi) is 4.11. The Bertz CT molecular complexity index is 334. The highest BCUT2D eigenvalue weighted by atomic mass is 35.5. The van der Waals surface area contributed by atoms with E-state index in [9.17, 15) is 4.79 Å². The lowest BCUT2D eigenvalue weighted by atomic mass is 10.0. The fourth-order valence-corrected chi connectivity index (χ4v) is 1.46. The van der Waals surface area contributed by atoms with Crippen LogP contribution in [-0.4, -0.2) is 16.8 Å². The van der Waals surface area contributed by atoms with Crippen molar-refractivity contribution < 1.29 is 9.90 Å². The van der Waals surface area contributed by atoms with Gasteiger partial charge < -0.3 is 5.11 Å². The average Bonchev–Trinajstić information content (AvgIpc) is 2.19. The predicted octanol–water partition coefficient (Wildman–Crippen LogP) is 2.30. The number of carbonyl (C=O) groups excluding carboxylic acids is 1. The van der Waals surface area contributed by atoms with Gasteiger partial charge in [0.05, 0.1) is 6.61 Å². The lowest BCUT2D eigenvalue weighted by Crippen LogP contribution is -2.03. The Balaban J connectivity index is 2.99. The highest BCUT2D eigenvalue weighted by Crippen LogP contribution is 2.13. The number of aryl methyl sites for hydroxylation is 1. The molecule has 0 aliphatic rings. The first-order valence-corrected chi connectivity index (χ1v) is 5.02. The molecule has 0 heterocycles. The second kappa shape index (κ2) is 5.13. The number of Topliss-reactive ketones (excluding diaryl/α,β-unsaturated/α-hetero) is 1. The monoisotopic (exact) mass is 212 g/mol. The van der Waals surface area contributed by atoms with Crippen molar-refractivity contribution in [2.75, 3.05) is 5.88 Å². The number of aliphatic hydroxyl groups is 1. The summed E-state index contributed by atoms with van der Waals surface area (Å²) in [4.78, 5) is 11.6. The summed E-state index contributed by atoms with van der Waals surface area (Å²) in [6, 6.07) is 5.38. The number of benzene rings is 1. The van der Waals surface area contributed by atoms with Crippen molar-refractivity contribution in [3.63, 3.8) is 0 Å². The van der Waals surface area contributed by atoms with Crippen molar-refractivity contribution in [3.05, 3.63) is 34.9 Å². The van der Waals surface area contributed by atoms with Crippen LogP contribution in [-0.2, 0) is 6.61 Å². The predicted molar refractivity (Wildman–Crippen MR) is 56.8 cm³/mol. The third-order valence-corrected chi connectivity index (χ3v) is 2.30. The topological polar surface area (TPSA) is 37.3 Å². The summed E-state index contributed by atoms with van der Waals surface area (Å²) in [5, 5.41) is 8.93. The highest BCUT2D eigenvalue weighted by molar-refractivity contribution is 6.19. The Morgan fingerprint density at radius 3 is 2.79 bits per heavy atom. The zero-order chi connectivity index (χ0) is 10.6. The summed E-state index contributed by atoms with van der Waals surface area (Å²) in [7, 11) is 0. The summed E-state index contributed by atoms with van der Waals surface area (Å²) in [6.07, 6.45) is 0.345. The standard InChI is InChI=1S/C11H13ClO2/c1-8-2-3-9(7-13)6-10(8)11(14)4-5-12/h2-3,6,13H,4-5,7H2,1H3. The molecule has 14 heavy (non-hydrogen) atoms. The maximum absolute atomic E-state index is 11.6. The Hall–Kier alpha value is -0.860. The average molecular weight is 213 g/mol. The van der Waals surface area contributed by atoms with Gasteiger partial charge >= 0.3 is 0 Å². The number of alkyl halides is 1. The molecule has 0 spiro atoms. The van der Waals surface area contributed by atoms with Gasteiger partial charge in [-0.2, -0.15) is 0 Å². The molecule has 0 unspecified atom stereocenters. The molecule has 0 radical (unpaired) electrons. The van der Waals surface area contributed by atoms with Gasteiger partial charge in [-0.05, 0) is 24.1 Å². The molecule has 1 N–H and O–H groups in total. The summed E-state index contributed by atoms with van der Waals surface area (Å²) in [6.45, 7) is 1.84. The van der Waals surface area contributed by atoms with Gasteiger partial charge in [0.2, 0.25) is 0 Å². The van der Waals surface area contributed by atoms with Crippen molar-refractivity contribution in [2.45, 2.75) is 20.0 Å². The molecule has 0 aliphatic heterocycles. The number of hydrogen-bond acceptors (Lipinski definition) is 2. The zero-order valence-electron chi connectivity index (χ0n) is 8.09. The number of hydrogen-bond donors (Lipinski definition) is 1. The number of aliphatic hydroxyl groups excluding tert-OH is 1. The van der Waals surface area contributed by atoms with Crippen LogP contribution < -0.4 is 0 Å². The van der Waals surface area contributed by atoms with Crippen molar-refractivity contribution in [3.8, 4) is 0 Å². The van der Waals surface area contributed by atoms with Crippen molar-refractivity contribution in [1.82, 2.24) is 0 Å². The number of carbonyl (C=O) groups is 1. The van der Waals surface area contributed by atoms with Crippen LogP contribution in [0.2, 0.25) is 0 Å². The van der Waals surface area contributed by atoms with Gasteiger partial charge in [-0.1, -0.05) is 12.1 Å². The summed E-state index contributed by atoms with van der Waals surface area (Å²) < 4.78 is 0. The van der Waals surface area contributed by atoms with Gasteiger partial charge in [0.15, 0.2) is 5.78 Å². The maximum Gasteiger partial charge on any atom is 0.164 e. The molecule has 1 rings (SSSR count). The first kappa shape index (κ1) is 11.2. The summed E-state index contributed by atoms with van der Waals surface area (Å²) in [5.74, 6) is 0.370. The van der Waals surface area contributed by atoms with Gasteiger partial charge in [-0.3, -0.25) is 4.79 Å². The molecule has 0 atom stereocenters. The van der Waals surface area contributed by atoms with Crippen LogP contribution in [0.3, 0.4) is 0 Å².